The first-order valence-corrected chi connectivity index (χ1v) is 9.23. The number of aromatic amines is 1. The smallest absolute Gasteiger partial charge is 0.328 e. The predicted molar refractivity (Wildman–Crippen MR) is 103 cm³/mol. The van der Waals surface area contributed by atoms with Gasteiger partial charge in [-0.05, 0) is 24.5 Å². The van der Waals surface area contributed by atoms with Crippen molar-refractivity contribution >= 4 is 23.5 Å². The van der Waals surface area contributed by atoms with Crippen molar-refractivity contribution in [3.8, 4) is 0 Å². The molecule has 1 N–H and O–H groups in total. The highest BCUT2D eigenvalue weighted by molar-refractivity contribution is 6.31. The number of nitrogens with one attached hydrogen (secondary N) is 1. The maximum absolute atomic E-state index is 12.8. The minimum Gasteiger partial charge on any atom is -0.469 e. The fraction of sp³-hybridized carbons (Fsp3) is 0.368. The molecular weight excluding hydrogens is 386 g/mol. The van der Waals surface area contributed by atoms with Crippen LogP contribution in [0.15, 0.2) is 40.1 Å². The van der Waals surface area contributed by atoms with Crippen LogP contribution >= 0.6 is 11.6 Å². The molecule has 0 aliphatic carbocycles. The first kappa shape index (κ1) is 19.9. The third-order valence-electron chi connectivity index (χ3n) is 4.89. The lowest BCUT2D eigenvalue weighted by Gasteiger charge is -2.30. The predicted octanol–water partition coefficient (Wildman–Crippen LogP) is 1.26. The van der Waals surface area contributed by atoms with E-state index in [0.29, 0.717) is 36.5 Å². The maximum atomic E-state index is 12.8. The highest BCUT2D eigenvalue weighted by atomic mass is 35.5. The van der Waals surface area contributed by atoms with Gasteiger partial charge in [0.2, 0.25) is 0 Å². The zero-order valence-electron chi connectivity index (χ0n) is 15.3. The average molecular weight is 406 g/mol. The number of esters is 1. The number of aromatic nitrogens is 2. The number of likely N-dealkylation sites (tertiary alicyclic amines) is 1. The number of carbonyl (C=O) groups excluding carboxylic acids is 2. The molecule has 1 aliphatic heterocycles. The van der Waals surface area contributed by atoms with Crippen molar-refractivity contribution < 1.29 is 14.3 Å². The van der Waals surface area contributed by atoms with Gasteiger partial charge < -0.3 is 14.6 Å². The number of amides is 1. The summed E-state index contributed by atoms with van der Waals surface area (Å²) in [5.41, 5.74) is -0.821. The number of halogens is 1. The van der Waals surface area contributed by atoms with Gasteiger partial charge in [-0.2, -0.15) is 0 Å². The highest BCUT2D eigenvalue weighted by Crippen LogP contribution is 2.19. The topological polar surface area (TPSA) is 101 Å². The maximum Gasteiger partial charge on any atom is 0.328 e. The summed E-state index contributed by atoms with van der Waals surface area (Å²) < 4.78 is 5.69. The standard InChI is InChI=1S/C19H20ClN3O5/c1-28-18(26)12-6-8-22(9-7-12)16(24)14-10-21-19(27)23(17(14)25)11-13-4-2-3-5-15(13)20/h2-5,10,12H,6-9,11H2,1H3,(H,21,27). The lowest BCUT2D eigenvalue weighted by molar-refractivity contribution is -0.146. The third-order valence-corrected chi connectivity index (χ3v) is 5.26. The first-order chi connectivity index (χ1) is 13.4. The van der Waals surface area contributed by atoms with Crippen molar-refractivity contribution in [3.05, 3.63) is 67.4 Å². The molecule has 2 heterocycles. The van der Waals surface area contributed by atoms with Crippen LogP contribution in [0.1, 0.15) is 28.8 Å². The van der Waals surface area contributed by atoms with Gasteiger partial charge in [-0.15, -0.1) is 0 Å². The molecule has 0 bridgehead atoms. The van der Waals surface area contributed by atoms with Crippen LogP contribution in [0, 0.1) is 5.92 Å². The minimum atomic E-state index is -0.677. The number of hydrogen-bond acceptors (Lipinski definition) is 5. The van der Waals surface area contributed by atoms with E-state index in [0.717, 1.165) is 10.8 Å². The van der Waals surface area contributed by atoms with Gasteiger partial charge in [0.15, 0.2) is 0 Å². The molecule has 1 fully saturated rings. The van der Waals surface area contributed by atoms with E-state index in [4.69, 9.17) is 16.3 Å². The van der Waals surface area contributed by atoms with Crippen molar-refractivity contribution in [2.24, 2.45) is 5.92 Å². The number of hydrogen-bond donors (Lipinski definition) is 1. The summed E-state index contributed by atoms with van der Waals surface area (Å²) in [5, 5.41) is 0.426. The zero-order valence-corrected chi connectivity index (χ0v) is 16.1. The molecule has 2 aromatic rings. The van der Waals surface area contributed by atoms with E-state index in [1.807, 2.05) is 0 Å². The molecule has 1 aliphatic rings. The average Bonchev–Trinajstić information content (AvgIpc) is 2.71. The fourth-order valence-corrected chi connectivity index (χ4v) is 3.46. The Balaban J connectivity index is 1.83. The summed E-state index contributed by atoms with van der Waals surface area (Å²) in [6.07, 6.45) is 2.08. The van der Waals surface area contributed by atoms with Gasteiger partial charge in [-0.1, -0.05) is 29.8 Å². The van der Waals surface area contributed by atoms with Gasteiger partial charge in [-0.3, -0.25) is 19.0 Å². The molecule has 3 rings (SSSR count). The number of rotatable bonds is 4. The molecule has 148 valence electrons. The summed E-state index contributed by atoms with van der Waals surface area (Å²) in [7, 11) is 1.33. The molecule has 9 heteroatoms. The Kier molecular flexibility index (Phi) is 5.99. The first-order valence-electron chi connectivity index (χ1n) is 8.85. The van der Waals surface area contributed by atoms with Crippen LogP contribution in [-0.2, 0) is 16.1 Å². The molecule has 8 nitrogen and oxygen atoms in total. The van der Waals surface area contributed by atoms with Crippen LogP contribution in [0.2, 0.25) is 5.02 Å². The largest absolute Gasteiger partial charge is 0.469 e. The second-order valence-corrected chi connectivity index (χ2v) is 6.99. The van der Waals surface area contributed by atoms with Gasteiger partial charge in [0.1, 0.15) is 5.56 Å². The van der Waals surface area contributed by atoms with Gasteiger partial charge in [-0.25, -0.2) is 4.79 Å². The van der Waals surface area contributed by atoms with Crippen LogP contribution in [0.3, 0.4) is 0 Å². The molecule has 1 aromatic heterocycles. The van der Waals surface area contributed by atoms with Crippen LogP contribution in [0.25, 0.3) is 0 Å². The van der Waals surface area contributed by atoms with E-state index in [2.05, 4.69) is 4.98 Å². The van der Waals surface area contributed by atoms with E-state index in [1.54, 1.807) is 24.3 Å². The number of ether oxygens (including phenoxy) is 1. The summed E-state index contributed by atoms with van der Waals surface area (Å²) in [6.45, 7) is 0.628. The van der Waals surface area contributed by atoms with E-state index >= 15 is 0 Å². The summed E-state index contributed by atoms with van der Waals surface area (Å²) in [4.78, 5) is 53.3. The van der Waals surface area contributed by atoms with Crippen LogP contribution in [0.5, 0.6) is 0 Å². The fourth-order valence-electron chi connectivity index (χ4n) is 3.26. The minimum absolute atomic E-state index is 0.0423. The van der Waals surface area contributed by atoms with Crippen molar-refractivity contribution in [3.63, 3.8) is 0 Å². The number of H-pyrrole nitrogens is 1. The summed E-state index contributed by atoms with van der Waals surface area (Å²) in [6, 6.07) is 6.87. The monoisotopic (exact) mass is 405 g/mol. The number of carbonyl (C=O) groups is 2. The Morgan fingerprint density at radius 2 is 1.89 bits per heavy atom. The number of benzene rings is 1. The number of nitrogens with zero attached hydrogens (tertiary/aromatic N) is 2. The van der Waals surface area contributed by atoms with Crippen molar-refractivity contribution in [2.45, 2.75) is 19.4 Å². The Hall–Kier alpha value is -2.87. The highest BCUT2D eigenvalue weighted by Gasteiger charge is 2.29. The second-order valence-electron chi connectivity index (χ2n) is 6.58. The van der Waals surface area contributed by atoms with Crippen LogP contribution in [-0.4, -0.2) is 46.5 Å². The van der Waals surface area contributed by atoms with Crippen LogP contribution in [0.4, 0.5) is 0 Å². The zero-order chi connectivity index (χ0) is 20.3. The Morgan fingerprint density at radius 1 is 1.21 bits per heavy atom. The van der Waals surface area contributed by atoms with E-state index in [9.17, 15) is 19.2 Å². The van der Waals surface area contributed by atoms with E-state index in [-0.39, 0.29) is 24.0 Å². The molecule has 0 unspecified atom stereocenters. The van der Waals surface area contributed by atoms with Crippen molar-refractivity contribution in [1.82, 2.24) is 14.5 Å². The van der Waals surface area contributed by atoms with Crippen molar-refractivity contribution in [1.29, 1.82) is 0 Å². The normalized spacial score (nSPS) is 14.7. The third kappa shape index (κ3) is 4.01. The number of methoxy groups -OCH3 is 1. The Bertz CT molecular complexity index is 1010. The molecule has 0 spiro atoms. The van der Waals surface area contributed by atoms with Gasteiger partial charge in [0.05, 0.1) is 19.6 Å². The molecule has 1 amide bonds. The van der Waals surface area contributed by atoms with Gasteiger partial charge in [0, 0.05) is 24.3 Å². The lowest BCUT2D eigenvalue weighted by atomic mass is 9.96. The Morgan fingerprint density at radius 3 is 2.54 bits per heavy atom. The molecule has 0 atom stereocenters. The van der Waals surface area contributed by atoms with Gasteiger partial charge in [0.25, 0.3) is 11.5 Å². The molecule has 0 radical (unpaired) electrons. The van der Waals surface area contributed by atoms with Crippen molar-refractivity contribution in [2.75, 3.05) is 20.2 Å². The quantitative estimate of drug-likeness (QED) is 0.772. The van der Waals surface area contributed by atoms with E-state index in [1.165, 1.54) is 12.0 Å². The number of piperidine rings is 1. The molecule has 0 saturated carbocycles. The second kappa shape index (κ2) is 8.43. The van der Waals surface area contributed by atoms with E-state index < -0.39 is 17.2 Å². The molecule has 28 heavy (non-hydrogen) atoms. The lowest BCUT2D eigenvalue weighted by Crippen LogP contribution is -2.45. The van der Waals surface area contributed by atoms with Crippen LogP contribution < -0.4 is 11.2 Å². The summed E-state index contributed by atoms with van der Waals surface area (Å²) >= 11 is 6.11. The molecule has 1 aromatic carbocycles. The molecular formula is C19H20ClN3O5. The Labute approximate surface area is 165 Å². The molecule has 1 saturated heterocycles. The van der Waals surface area contributed by atoms with Gasteiger partial charge >= 0.3 is 11.7 Å². The summed E-state index contributed by atoms with van der Waals surface area (Å²) in [5.74, 6) is -1.02. The SMILES string of the molecule is COC(=O)C1CCN(C(=O)c2c[nH]c(=O)n(Cc3ccccc3Cl)c2=O)CC1.